The van der Waals surface area contributed by atoms with E-state index in [1.165, 1.54) is 0 Å². The Morgan fingerprint density at radius 2 is 2.07 bits per heavy atom. The molecule has 1 aromatic carbocycles. The van der Waals surface area contributed by atoms with Crippen LogP contribution in [-0.2, 0) is 11.3 Å². The van der Waals surface area contributed by atoms with E-state index in [0.29, 0.717) is 6.61 Å². The summed E-state index contributed by atoms with van der Waals surface area (Å²) < 4.78 is 6.98. The van der Waals surface area contributed by atoms with E-state index >= 15 is 0 Å². The third-order valence-electron chi connectivity index (χ3n) is 1.98. The van der Waals surface area contributed by atoms with Gasteiger partial charge in [-0.3, -0.25) is 0 Å². The van der Waals surface area contributed by atoms with Crippen LogP contribution in [0.3, 0.4) is 0 Å². The van der Waals surface area contributed by atoms with Gasteiger partial charge in [-0.15, -0.1) is 0 Å². The quantitative estimate of drug-likeness (QED) is 0.736. The van der Waals surface area contributed by atoms with E-state index in [-0.39, 0.29) is 0 Å². The lowest BCUT2D eigenvalue weighted by molar-refractivity contribution is 0.182. The maximum absolute atomic E-state index is 5.00. The number of methoxy groups -OCH3 is 1. The number of hydrogen-bond donors (Lipinski definition) is 0. The summed E-state index contributed by atoms with van der Waals surface area (Å²) in [4.78, 5) is 4.22. The van der Waals surface area contributed by atoms with Gasteiger partial charge in [-0.05, 0) is 12.1 Å². The first kappa shape index (κ1) is 8.97. The Labute approximate surface area is 83.0 Å². The zero-order chi connectivity index (χ0) is 9.80. The standard InChI is InChI=1S/C11H12N2O/c1-14-8-10-7-13(9-12-10)11-5-3-2-4-6-11/h2-7,9H,8H2,1H3. The second-order valence-electron chi connectivity index (χ2n) is 3.04. The van der Waals surface area contributed by atoms with Crippen LogP contribution in [0.5, 0.6) is 0 Å². The van der Waals surface area contributed by atoms with Gasteiger partial charge in [-0.25, -0.2) is 4.98 Å². The summed E-state index contributed by atoms with van der Waals surface area (Å²) in [7, 11) is 1.67. The molecule has 0 aliphatic heterocycles. The zero-order valence-electron chi connectivity index (χ0n) is 8.05. The van der Waals surface area contributed by atoms with E-state index in [1.807, 2.05) is 41.1 Å². The van der Waals surface area contributed by atoms with Gasteiger partial charge in [-0.2, -0.15) is 0 Å². The van der Waals surface area contributed by atoms with Gasteiger partial charge in [0.25, 0.3) is 0 Å². The molecule has 0 amide bonds. The fourth-order valence-corrected chi connectivity index (χ4v) is 1.33. The highest BCUT2D eigenvalue weighted by Crippen LogP contribution is 2.07. The SMILES string of the molecule is COCc1cn(-c2ccccc2)cn1. The van der Waals surface area contributed by atoms with Crippen molar-refractivity contribution in [3.63, 3.8) is 0 Å². The molecule has 0 aliphatic carbocycles. The molecule has 0 bridgehead atoms. The molecule has 0 spiro atoms. The second-order valence-corrected chi connectivity index (χ2v) is 3.04. The van der Waals surface area contributed by atoms with Gasteiger partial charge in [-0.1, -0.05) is 18.2 Å². The third-order valence-corrected chi connectivity index (χ3v) is 1.98. The average Bonchev–Trinajstić information content (AvgIpc) is 2.68. The molecule has 0 atom stereocenters. The summed E-state index contributed by atoms with van der Waals surface area (Å²) in [5.41, 5.74) is 2.05. The number of ether oxygens (including phenoxy) is 1. The monoisotopic (exact) mass is 188 g/mol. The molecule has 0 radical (unpaired) electrons. The molecule has 0 N–H and O–H groups in total. The number of para-hydroxylation sites is 1. The Morgan fingerprint density at radius 1 is 1.29 bits per heavy atom. The van der Waals surface area contributed by atoms with E-state index in [2.05, 4.69) is 4.98 Å². The maximum atomic E-state index is 5.00. The summed E-state index contributed by atoms with van der Waals surface area (Å²) in [6.07, 6.45) is 3.77. The molecule has 0 unspecified atom stereocenters. The van der Waals surface area contributed by atoms with Gasteiger partial charge >= 0.3 is 0 Å². The number of hydrogen-bond acceptors (Lipinski definition) is 2. The van der Waals surface area contributed by atoms with Crippen LogP contribution < -0.4 is 0 Å². The Kier molecular flexibility index (Phi) is 2.60. The second kappa shape index (κ2) is 4.07. The molecule has 3 heteroatoms. The van der Waals surface area contributed by atoms with Crippen LogP contribution in [-0.4, -0.2) is 16.7 Å². The minimum absolute atomic E-state index is 0.555. The van der Waals surface area contributed by atoms with Crippen molar-refractivity contribution in [1.82, 2.24) is 9.55 Å². The maximum Gasteiger partial charge on any atom is 0.0996 e. The average molecular weight is 188 g/mol. The largest absolute Gasteiger partial charge is 0.378 e. The van der Waals surface area contributed by atoms with E-state index in [1.54, 1.807) is 13.4 Å². The first-order valence-electron chi connectivity index (χ1n) is 4.47. The first-order chi connectivity index (χ1) is 6.90. The van der Waals surface area contributed by atoms with Crippen LogP contribution in [0.25, 0.3) is 5.69 Å². The minimum atomic E-state index is 0.555. The van der Waals surface area contributed by atoms with Gasteiger partial charge in [0.1, 0.15) is 0 Å². The minimum Gasteiger partial charge on any atom is -0.378 e. The Morgan fingerprint density at radius 3 is 2.79 bits per heavy atom. The Hall–Kier alpha value is -1.61. The molecule has 0 aliphatic rings. The van der Waals surface area contributed by atoms with Crippen LogP contribution in [0.2, 0.25) is 0 Å². The van der Waals surface area contributed by atoms with Crippen LogP contribution >= 0.6 is 0 Å². The smallest absolute Gasteiger partial charge is 0.0996 e. The summed E-state index contributed by atoms with van der Waals surface area (Å²) in [5, 5.41) is 0. The van der Waals surface area contributed by atoms with E-state index in [9.17, 15) is 0 Å². The van der Waals surface area contributed by atoms with E-state index in [4.69, 9.17) is 4.74 Å². The van der Waals surface area contributed by atoms with Crippen LogP contribution in [0.4, 0.5) is 0 Å². The molecule has 1 aromatic heterocycles. The van der Waals surface area contributed by atoms with Gasteiger partial charge in [0, 0.05) is 19.0 Å². The van der Waals surface area contributed by atoms with Crippen LogP contribution in [0, 0.1) is 0 Å². The molecule has 0 saturated heterocycles. The molecule has 72 valence electrons. The topological polar surface area (TPSA) is 27.1 Å². The molecule has 14 heavy (non-hydrogen) atoms. The zero-order valence-corrected chi connectivity index (χ0v) is 8.05. The summed E-state index contributed by atoms with van der Waals surface area (Å²) >= 11 is 0. The van der Waals surface area contributed by atoms with Crippen LogP contribution in [0.15, 0.2) is 42.9 Å². The summed E-state index contributed by atoms with van der Waals surface area (Å²) in [6, 6.07) is 10.1. The van der Waals surface area contributed by atoms with Gasteiger partial charge in [0.05, 0.1) is 18.6 Å². The van der Waals surface area contributed by atoms with Crippen molar-refractivity contribution in [2.75, 3.05) is 7.11 Å². The van der Waals surface area contributed by atoms with Crippen molar-refractivity contribution in [3.05, 3.63) is 48.5 Å². The van der Waals surface area contributed by atoms with E-state index < -0.39 is 0 Å². The molecule has 3 nitrogen and oxygen atoms in total. The van der Waals surface area contributed by atoms with Gasteiger partial charge in [0.2, 0.25) is 0 Å². The van der Waals surface area contributed by atoms with Crippen molar-refractivity contribution >= 4 is 0 Å². The Balaban J connectivity index is 2.25. The lowest BCUT2D eigenvalue weighted by Gasteiger charge is -1.99. The molecule has 2 rings (SSSR count). The van der Waals surface area contributed by atoms with Crippen molar-refractivity contribution in [2.24, 2.45) is 0 Å². The van der Waals surface area contributed by atoms with Crippen molar-refractivity contribution in [3.8, 4) is 5.69 Å². The highest BCUT2D eigenvalue weighted by molar-refractivity contribution is 5.31. The molecule has 0 saturated carbocycles. The highest BCUT2D eigenvalue weighted by Gasteiger charge is 1.98. The first-order valence-corrected chi connectivity index (χ1v) is 4.47. The number of aromatic nitrogens is 2. The third kappa shape index (κ3) is 1.83. The van der Waals surface area contributed by atoms with Crippen LogP contribution in [0.1, 0.15) is 5.69 Å². The normalized spacial score (nSPS) is 10.4. The van der Waals surface area contributed by atoms with Crippen molar-refractivity contribution < 1.29 is 4.74 Å². The van der Waals surface area contributed by atoms with Crippen molar-refractivity contribution in [2.45, 2.75) is 6.61 Å². The molecule has 2 aromatic rings. The molecule has 0 fully saturated rings. The molecule has 1 heterocycles. The number of benzene rings is 1. The van der Waals surface area contributed by atoms with Gasteiger partial charge in [0.15, 0.2) is 0 Å². The predicted molar refractivity (Wildman–Crippen MR) is 54.3 cm³/mol. The predicted octanol–water partition coefficient (Wildman–Crippen LogP) is 2.02. The molecular weight excluding hydrogens is 176 g/mol. The van der Waals surface area contributed by atoms with E-state index in [0.717, 1.165) is 11.4 Å². The number of rotatable bonds is 3. The number of imidazole rings is 1. The fraction of sp³-hybridized carbons (Fsp3) is 0.182. The fourth-order valence-electron chi connectivity index (χ4n) is 1.33. The highest BCUT2D eigenvalue weighted by atomic mass is 16.5. The van der Waals surface area contributed by atoms with Crippen molar-refractivity contribution in [1.29, 1.82) is 0 Å². The summed E-state index contributed by atoms with van der Waals surface area (Å²) in [6.45, 7) is 0.555. The number of nitrogens with zero attached hydrogens (tertiary/aromatic N) is 2. The summed E-state index contributed by atoms with van der Waals surface area (Å²) in [5.74, 6) is 0. The van der Waals surface area contributed by atoms with Gasteiger partial charge < -0.3 is 9.30 Å². The lowest BCUT2D eigenvalue weighted by Crippen LogP contribution is -1.89. The lowest BCUT2D eigenvalue weighted by atomic mass is 10.3. The molecular formula is C11H12N2O. The Bertz CT molecular complexity index is 395.